The Labute approximate surface area is 162 Å². The van der Waals surface area contributed by atoms with Crippen LogP contribution < -0.4 is 10.3 Å². The Hall–Kier alpha value is -2.44. The van der Waals surface area contributed by atoms with Crippen LogP contribution in [-0.4, -0.2) is 16.4 Å². The van der Waals surface area contributed by atoms with Crippen molar-refractivity contribution in [2.75, 3.05) is 6.61 Å². The molecule has 4 rings (SSSR count). The molecule has 26 heavy (non-hydrogen) atoms. The molecule has 0 aliphatic rings. The van der Waals surface area contributed by atoms with E-state index in [1.165, 1.54) is 4.68 Å². The Morgan fingerprint density at radius 3 is 2.50 bits per heavy atom. The standard InChI is InChI=1S/C20H15BrN2O2S/c21-14-7-9-15(10-8-14)25-12-11-23-20(24)17-5-2-1-4-16(17)19(22-23)18-6-3-13-26-18/h1-10,13H,11-12H2. The molecule has 0 unspecified atom stereocenters. The number of ether oxygens (including phenoxy) is 1. The summed E-state index contributed by atoms with van der Waals surface area (Å²) in [6, 6.07) is 19.2. The van der Waals surface area contributed by atoms with Gasteiger partial charge in [0.15, 0.2) is 0 Å². The van der Waals surface area contributed by atoms with E-state index in [1.807, 2.05) is 66.0 Å². The van der Waals surface area contributed by atoms with Crippen molar-refractivity contribution in [3.05, 3.63) is 80.9 Å². The van der Waals surface area contributed by atoms with Gasteiger partial charge in [-0.3, -0.25) is 4.79 Å². The maximum absolute atomic E-state index is 12.8. The highest BCUT2D eigenvalue weighted by atomic mass is 79.9. The van der Waals surface area contributed by atoms with Crippen molar-refractivity contribution in [1.82, 2.24) is 9.78 Å². The molecule has 2 heterocycles. The number of rotatable bonds is 5. The van der Waals surface area contributed by atoms with Crippen molar-refractivity contribution in [3.8, 4) is 16.3 Å². The Morgan fingerprint density at radius 1 is 1.00 bits per heavy atom. The molecule has 0 spiro atoms. The summed E-state index contributed by atoms with van der Waals surface area (Å²) in [6.45, 7) is 0.759. The van der Waals surface area contributed by atoms with Crippen molar-refractivity contribution in [1.29, 1.82) is 0 Å². The van der Waals surface area contributed by atoms with Gasteiger partial charge in [0.05, 0.1) is 16.8 Å². The van der Waals surface area contributed by atoms with E-state index < -0.39 is 0 Å². The molecule has 0 radical (unpaired) electrons. The summed E-state index contributed by atoms with van der Waals surface area (Å²) in [6.07, 6.45) is 0. The third kappa shape index (κ3) is 3.43. The fraction of sp³-hybridized carbons (Fsp3) is 0.100. The van der Waals surface area contributed by atoms with Crippen LogP contribution in [0.5, 0.6) is 5.75 Å². The zero-order chi connectivity index (χ0) is 17.9. The first kappa shape index (κ1) is 17.0. The lowest BCUT2D eigenvalue weighted by Gasteiger charge is -2.11. The molecular weight excluding hydrogens is 412 g/mol. The van der Waals surface area contributed by atoms with Crippen LogP contribution >= 0.6 is 27.3 Å². The summed E-state index contributed by atoms with van der Waals surface area (Å²) in [7, 11) is 0. The molecule has 0 fully saturated rings. The van der Waals surface area contributed by atoms with Gasteiger partial charge in [-0.15, -0.1) is 11.3 Å². The lowest BCUT2D eigenvalue weighted by Crippen LogP contribution is -2.26. The summed E-state index contributed by atoms with van der Waals surface area (Å²) < 4.78 is 8.24. The number of aromatic nitrogens is 2. The van der Waals surface area contributed by atoms with Crippen LogP contribution in [0.4, 0.5) is 0 Å². The van der Waals surface area contributed by atoms with Crippen LogP contribution in [0, 0.1) is 0 Å². The van der Waals surface area contributed by atoms with Crippen molar-refractivity contribution in [2.24, 2.45) is 0 Å². The molecule has 0 aliphatic heterocycles. The van der Waals surface area contributed by atoms with E-state index >= 15 is 0 Å². The molecule has 0 atom stereocenters. The van der Waals surface area contributed by atoms with Crippen molar-refractivity contribution in [2.45, 2.75) is 6.54 Å². The number of halogens is 1. The molecule has 4 nitrogen and oxygen atoms in total. The average molecular weight is 427 g/mol. The minimum absolute atomic E-state index is 0.0969. The van der Waals surface area contributed by atoms with E-state index in [9.17, 15) is 4.79 Å². The summed E-state index contributed by atoms with van der Waals surface area (Å²) in [5.74, 6) is 0.764. The van der Waals surface area contributed by atoms with Gasteiger partial charge in [-0.05, 0) is 41.8 Å². The first-order valence-electron chi connectivity index (χ1n) is 8.14. The van der Waals surface area contributed by atoms with E-state index in [1.54, 1.807) is 11.3 Å². The highest BCUT2D eigenvalue weighted by molar-refractivity contribution is 9.10. The molecule has 6 heteroatoms. The van der Waals surface area contributed by atoms with Crippen LogP contribution in [0.1, 0.15) is 0 Å². The van der Waals surface area contributed by atoms with Crippen LogP contribution in [0.2, 0.25) is 0 Å². The predicted molar refractivity (Wildman–Crippen MR) is 109 cm³/mol. The molecule has 0 amide bonds. The summed E-state index contributed by atoms with van der Waals surface area (Å²) in [5.41, 5.74) is 0.735. The first-order valence-corrected chi connectivity index (χ1v) is 9.82. The van der Waals surface area contributed by atoms with Crippen molar-refractivity contribution in [3.63, 3.8) is 0 Å². The number of thiophene rings is 1. The van der Waals surface area contributed by atoms with Gasteiger partial charge in [-0.1, -0.05) is 40.2 Å². The third-order valence-corrected chi connectivity index (χ3v) is 5.41. The third-order valence-electron chi connectivity index (χ3n) is 4.01. The van der Waals surface area contributed by atoms with Crippen molar-refractivity contribution >= 4 is 38.0 Å². The quantitative estimate of drug-likeness (QED) is 0.452. The van der Waals surface area contributed by atoms with Gasteiger partial charge in [0, 0.05) is 9.86 Å². The SMILES string of the molecule is O=c1c2ccccc2c(-c2cccs2)nn1CCOc1ccc(Br)cc1. The second kappa shape index (κ2) is 7.43. The second-order valence-corrected chi connectivity index (χ2v) is 7.57. The fourth-order valence-electron chi connectivity index (χ4n) is 2.76. The molecule has 0 saturated heterocycles. The van der Waals surface area contributed by atoms with E-state index in [4.69, 9.17) is 4.74 Å². The molecule has 0 aliphatic carbocycles. The summed E-state index contributed by atoms with van der Waals surface area (Å²) >= 11 is 5.01. The molecule has 130 valence electrons. The highest BCUT2D eigenvalue weighted by Crippen LogP contribution is 2.28. The maximum atomic E-state index is 12.8. The predicted octanol–water partition coefficient (Wildman–Crippen LogP) is 4.97. The number of hydrogen-bond donors (Lipinski definition) is 0. The Balaban J connectivity index is 1.65. The van der Waals surface area contributed by atoms with Gasteiger partial charge >= 0.3 is 0 Å². The minimum Gasteiger partial charge on any atom is -0.492 e. The topological polar surface area (TPSA) is 44.1 Å². The normalized spacial score (nSPS) is 11.0. The average Bonchev–Trinajstić information content (AvgIpc) is 3.20. The lowest BCUT2D eigenvalue weighted by atomic mass is 10.1. The molecule has 0 saturated carbocycles. The Bertz CT molecular complexity index is 1090. The molecule has 2 aromatic carbocycles. The van der Waals surface area contributed by atoms with Crippen LogP contribution in [0.15, 0.2) is 75.3 Å². The lowest BCUT2D eigenvalue weighted by molar-refractivity contribution is 0.288. The number of benzene rings is 2. The van der Waals surface area contributed by atoms with Crippen LogP contribution in [0.3, 0.4) is 0 Å². The Morgan fingerprint density at radius 2 is 1.77 bits per heavy atom. The molecule has 0 bridgehead atoms. The maximum Gasteiger partial charge on any atom is 0.274 e. The molecular formula is C20H15BrN2O2S. The fourth-order valence-corrected chi connectivity index (χ4v) is 3.75. The summed E-state index contributed by atoms with van der Waals surface area (Å²) in [4.78, 5) is 13.8. The van der Waals surface area contributed by atoms with Crippen LogP contribution in [0.25, 0.3) is 21.3 Å². The van der Waals surface area contributed by atoms with Gasteiger partial charge in [0.1, 0.15) is 18.1 Å². The zero-order valence-electron chi connectivity index (χ0n) is 13.8. The molecule has 0 N–H and O–H groups in total. The van der Waals surface area contributed by atoms with E-state index in [0.717, 1.165) is 26.2 Å². The van der Waals surface area contributed by atoms with E-state index in [-0.39, 0.29) is 5.56 Å². The van der Waals surface area contributed by atoms with Gasteiger partial charge in [0.2, 0.25) is 0 Å². The largest absolute Gasteiger partial charge is 0.492 e. The number of nitrogens with zero attached hydrogens (tertiary/aromatic N) is 2. The summed E-state index contributed by atoms with van der Waals surface area (Å²) in [5, 5.41) is 8.18. The van der Waals surface area contributed by atoms with Gasteiger partial charge < -0.3 is 4.74 Å². The molecule has 2 aromatic heterocycles. The minimum atomic E-state index is -0.0969. The van der Waals surface area contributed by atoms with Crippen LogP contribution in [-0.2, 0) is 6.54 Å². The van der Waals surface area contributed by atoms with Gasteiger partial charge in [-0.2, -0.15) is 5.10 Å². The van der Waals surface area contributed by atoms with Crippen molar-refractivity contribution < 1.29 is 4.74 Å². The highest BCUT2D eigenvalue weighted by Gasteiger charge is 2.12. The van der Waals surface area contributed by atoms with Gasteiger partial charge in [0.25, 0.3) is 5.56 Å². The molecule has 4 aromatic rings. The number of hydrogen-bond acceptors (Lipinski definition) is 4. The Kier molecular flexibility index (Phi) is 4.86. The van der Waals surface area contributed by atoms with E-state index in [0.29, 0.717) is 18.5 Å². The first-order chi connectivity index (χ1) is 12.7. The number of fused-ring (bicyclic) bond motifs is 1. The monoisotopic (exact) mass is 426 g/mol. The zero-order valence-corrected chi connectivity index (χ0v) is 16.2. The van der Waals surface area contributed by atoms with E-state index in [2.05, 4.69) is 21.0 Å². The van der Waals surface area contributed by atoms with Gasteiger partial charge in [-0.25, -0.2) is 4.68 Å². The smallest absolute Gasteiger partial charge is 0.274 e. The second-order valence-electron chi connectivity index (χ2n) is 5.70.